The van der Waals surface area contributed by atoms with Crippen molar-refractivity contribution in [2.75, 3.05) is 13.2 Å². The Morgan fingerprint density at radius 1 is 1.53 bits per heavy atom. The van der Waals surface area contributed by atoms with Gasteiger partial charge in [-0.15, -0.1) is 0 Å². The standard InChI is InChI=1S/C10H11NO6/c1-2-16-9(13)6-17-10-7(11(14)15)4-3-5-8(10)12/h3-5,12H,2,6H2,1H3. The number of hydrogen-bond donors (Lipinski definition) is 1. The van der Waals surface area contributed by atoms with Gasteiger partial charge in [0, 0.05) is 6.07 Å². The Morgan fingerprint density at radius 3 is 2.82 bits per heavy atom. The highest BCUT2D eigenvalue weighted by atomic mass is 16.6. The summed E-state index contributed by atoms with van der Waals surface area (Å²) in [4.78, 5) is 20.9. The summed E-state index contributed by atoms with van der Waals surface area (Å²) in [5.74, 6) is -1.40. The van der Waals surface area contributed by atoms with E-state index >= 15 is 0 Å². The molecular weight excluding hydrogens is 230 g/mol. The quantitative estimate of drug-likeness (QED) is 0.473. The van der Waals surface area contributed by atoms with Crippen LogP contribution in [0.5, 0.6) is 11.5 Å². The summed E-state index contributed by atoms with van der Waals surface area (Å²) in [6, 6.07) is 3.71. The number of phenolic OH excluding ortho intramolecular Hbond substituents is 1. The van der Waals surface area contributed by atoms with Gasteiger partial charge in [0.05, 0.1) is 11.5 Å². The van der Waals surface area contributed by atoms with Crippen molar-refractivity contribution in [3.05, 3.63) is 28.3 Å². The average molecular weight is 241 g/mol. The van der Waals surface area contributed by atoms with Gasteiger partial charge in [-0.2, -0.15) is 0 Å². The third-order valence-electron chi connectivity index (χ3n) is 1.81. The van der Waals surface area contributed by atoms with Crippen LogP contribution in [0.3, 0.4) is 0 Å². The van der Waals surface area contributed by atoms with Crippen LogP contribution in [0.1, 0.15) is 6.92 Å². The van der Waals surface area contributed by atoms with Crippen LogP contribution in [0, 0.1) is 10.1 Å². The molecule has 0 aliphatic heterocycles. The minimum atomic E-state index is -0.708. The van der Waals surface area contributed by atoms with Crippen molar-refractivity contribution in [1.29, 1.82) is 0 Å². The lowest BCUT2D eigenvalue weighted by molar-refractivity contribution is -0.385. The predicted octanol–water partition coefficient (Wildman–Crippen LogP) is 1.24. The molecule has 7 heteroatoms. The van der Waals surface area contributed by atoms with Crippen LogP contribution < -0.4 is 4.74 Å². The molecule has 92 valence electrons. The van der Waals surface area contributed by atoms with E-state index in [4.69, 9.17) is 4.74 Å². The number of phenols is 1. The Hall–Kier alpha value is -2.31. The van der Waals surface area contributed by atoms with Crippen molar-refractivity contribution in [3.8, 4) is 11.5 Å². The normalized spacial score (nSPS) is 9.71. The number of esters is 1. The molecule has 17 heavy (non-hydrogen) atoms. The fourth-order valence-corrected chi connectivity index (χ4v) is 1.14. The van der Waals surface area contributed by atoms with Crippen molar-refractivity contribution in [3.63, 3.8) is 0 Å². The first kappa shape index (κ1) is 12.8. The fourth-order valence-electron chi connectivity index (χ4n) is 1.14. The van der Waals surface area contributed by atoms with Crippen molar-refractivity contribution in [2.45, 2.75) is 6.92 Å². The van der Waals surface area contributed by atoms with Gasteiger partial charge < -0.3 is 14.6 Å². The highest BCUT2D eigenvalue weighted by molar-refractivity contribution is 5.71. The maximum Gasteiger partial charge on any atom is 0.344 e. The molecule has 0 heterocycles. The van der Waals surface area contributed by atoms with Crippen molar-refractivity contribution in [2.24, 2.45) is 0 Å². The maximum absolute atomic E-state index is 11.0. The lowest BCUT2D eigenvalue weighted by atomic mass is 10.3. The molecule has 1 rings (SSSR count). The number of nitrogens with zero attached hydrogens (tertiary/aromatic N) is 1. The summed E-state index contributed by atoms with van der Waals surface area (Å²) in [5.41, 5.74) is -0.408. The first-order valence-corrected chi connectivity index (χ1v) is 4.81. The minimum absolute atomic E-state index is 0.186. The van der Waals surface area contributed by atoms with Gasteiger partial charge in [-0.05, 0) is 13.0 Å². The van der Waals surface area contributed by atoms with Gasteiger partial charge in [0.2, 0.25) is 5.75 Å². The highest BCUT2D eigenvalue weighted by Gasteiger charge is 2.20. The number of carbonyl (C=O) groups excluding carboxylic acids is 1. The number of hydrogen-bond acceptors (Lipinski definition) is 6. The Labute approximate surface area is 96.7 Å². The highest BCUT2D eigenvalue weighted by Crippen LogP contribution is 2.35. The molecule has 0 spiro atoms. The van der Waals surface area contributed by atoms with Gasteiger partial charge in [0.1, 0.15) is 0 Å². The zero-order valence-corrected chi connectivity index (χ0v) is 9.08. The third-order valence-corrected chi connectivity index (χ3v) is 1.81. The van der Waals surface area contributed by atoms with Gasteiger partial charge in [-0.25, -0.2) is 4.79 Å². The second-order valence-corrected chi connectivity index (χ2v) is 2.98. The molecule has 0 aliphatic rings. The van der Waals surface area contributed by atoms with Crippen LogP contribution in [-0.2, 0) is 9.53 Å². The molecule has 0 aromatic heterocycles. The van der Waals surface area contributed by atoms with Gasteiger partial charge in [-0.1, -0.05) is 6.07 Å². The van der Waals surface area contributed by atoms with Crippen LogP contribution in [0.2, 0.25) is 0 Å². The van der Waals surface area contributed by atoms with E-state index in [2.05, 4.69) is 4.74 Å². The Morgan fingerprint density at radius 2 is 2.24 bits per heavy atom. The predicted molar refractivity (Wildman–Crippen MR) is 56.9 cm³/mol. The number of rotatable bonds is 5. The molecule has 1 aromatic carbocycles. The third kappa shape index (κ3) is 3.33. The molecule has 0 amide bonds. The summed E-state index contributed by atoms with van der Waals surface area (Å²) >= 11 is 0. The summed E-state index contributed by atoms with van der Waals surface area (Å²) in [5, 5.41) is 20.0. The molecular formula is C10H11NO6. The molecule has 0 fully saturated rings. The van der Waals surface area contributed by atoms with Gasteiger partial charge >= 0.3 is 11.7 Å². The molecule has 1 aromatic rings. The number of benzene rings is 1. The molecule has 0 radical (unpaired) electrons. The topological polar surface area (TPSA) is 98.9 Å². The first-order chi connectivity index (χ1) is 8.06. The van der Waals surface area contributed by atoms with E-state index in [1.54, 1.807) is 6.92 Å². The van der Waals surface area contributed by atoms with E-state index in [9.17, 15) is 20.0 Å². The molecule has 0 aliphatic carbocycles. The smallest absolute Gasteiger partial charge is 0.344 e. The second-order valence-electron chi connectivity index (χ2n) is 2.98. The monoisotopic (exact) mass is 241 g/mol. The van der Waals surface area contributed by atoms with E-state index < -0.39 is 28.9 Å². The van der Waals surface area contributed by atoms with Gasteiger partial charge in [0.15, 0.2) is 12.4 Å². The van der Waals surface area contributed by atoms with E-state index in [0.29, 0.717) is 0 Å². The number of nitro benzene ring substituents is 1. The zero-order valence-electron chi connectivity index (χ0n) is 9.08. The maximum atomic E-state index is 11.0. The van der Waals surface area contributed by atoms with Gasteiger partial charge in [-0.3, -0.25) is 10.1 Å². The largest absolute Gasteiger partial charge is 0.504 e. The van der Waals surface area contributed by atoms with Crippen molar-refractivity contribution in [1.82, 2.24) is 0 Å². The summed E-state index contributed by atoms with van der Waals surface area (Å²) in [7, 11) is 0. The van der Waals surface area contributed by atoms with E-state index in [1.165, 1.54) is 18.2 Å². The van der Waals surface area contributed by atoms with Crippen LogP contribution in [-0.4, -0.2) is 29.2 Å². The molecule has 0 unspecified atom stereocenters. The minimum Gasteiger partial charge on any atom is -0.504 e. The van der Waals surface area contributed by atoms with E-state index in [-0.39, 0.29) is 12.4 Å². The number of para-hydroxylation sites is 1. The average Bonchev–Trinajstić information content (AvgIpc) is 2.27. The summed E-state index contributed by atoms with van der Waals surface area (Å²) < 4.78 is 9.47. The molecule has 0 bridgehead atoms. The van der Waals surface area contributed by atoms with Crippen molar-refractivity contribution < 1.29 is 24.3 Å². The van der Waals surface area contributed by atoms with E-state index in [0.717, 1.165) is 0 Å². The lowest BCUT2D eigenvalue weighted by Crippen LogP contribution is -2.15. The number of aromatic hydroxyl groups is 1. The number of ether oxygens (including phenoxy) is 2. The SMILES string of the molecule is CCOC(=O)COc1c(O)cccc1[N+](=O)[O-]. The summed E-state index contributed by atoms with van der Waals surface area (Å²) in [6.45, 7) is 1.32. The first-order valence-electron chi connectivity index (χ1n) is 4.81. The number of carbonyl (C=O) groups is 1. The van der Waals surface area contributed by atoms with Crippen molar-refractivity contribution >= 4 is 11.7 Å². The number of nitro groups is 1. The van der Waals surface area contributed by atoms with Gasteiger partial charge in [0.25, 0.3) is 0 Å². The Bertz CT molecular complexity index is 431. The van der Waals surface area contributed by atoms with E-state index in [1.807, 2.05) is 0 Å². The Balaban J connectivity index is 2.82. The molecule has 0 saturated carbocycles. The Kier molecular flexibility index (Phi) is 4.27. The molecule has 0 atom stereocenters. The van der Waals surface area contributed by atoms with Crippen LogP contribution in [0.4, 0.5) is 5.69 Å². The van der Waals surface area contributed by atoms with Crippen LogP contribution >= 0.6 is 0 Å². The molecule has 1 N–H and O–H groups in total. The van der Waals surface area contributed by atoms with Crippen LogP contribution in [0.25, 0.3) is 0 Å². The molecule has 0 saturated heterocycles. The zero-order chi connectivity index (χ0) is 12.8. The summed E-state index contributed by atoms with van der Waals surface area (Å²) in [6.07, 6.45) is 0. The fraction of sp³-hybridized carbons (Fsp3) is 0.300. The van der Waals surface area contributed by atoms with Crippen LogP contribution in [0.15, 0.2) is 18.2 Å². The lowest BCUT2D eigenvalue weighted by Gasteiger charge is -2.07. The second kappa shape index (κ2) is 5.69. The molecule has 7 nitrogen and oxygen atoms in total.